The van der Waals surface area contributed by atoms with Crippen LogP contribution >= 0.6 is 0 Å². The SMILES string of the molecule is CCCCOC1[C@H](OCCCC)C(C(=O)O[C@H](C)C(=O)N[C@@H](C)Cc2ccccc2)O[C@@H](OCCCC)[C@H]1OCCCC. The van der Waals surface area contributed by atoms with E-state index in [1.54, 1.807) is 6.92 Å². The topological polar surface area (TPSA) is 102 Å². The van der Waals surface area contributed by atoms with Gasteiger partial charge in [-0.15, -0.1) is 0 Å². The summed E-state index contributed by atoms with van der Waals surface area (Å²) in [4.78, 5) is 26.7. The predicted molar refractivity (Wildman–Crippen MR) is 167 cm³/mol. The number of rotatable bonds is 22. The number of nitrogens with one attached hydrogen (secondary N) is 1. The number of ether oxygens (including phenoxy) is 6. The second-order valence-electron chi connectivity index (χ2n) is 11.4. The average molecular weight is 608 g/mol. The third kappa shape index (κ3) is 13.2. The third-order valence-corrected chi connectivity index (χ3v) is 7.37. The molecular formula is C34H57NO8. The molecule has 2 rings (SSSR count). The summed E-state index contributed by atoms with van der Waals surface area (Å²) in [6, 6.07) is 9.79. The molecule has 1 aromatic carbocycles. The number of hydrogen-bond acceptors (Lipinski definition) is 8. The fourth-order valence-electron chi connectivity index (χ4n) is 4.79. The first kappa shape index (κ1) is 37.1. The van der Waals surface area contributed by atoms with Crippen molar-refractivity contribution in [3.05, 3.63) is 35.9 Å². The fraction of sp³-hybridized carbons (Fsp3) is 0.765. The van der Waals surface area contributed by atoms with Crippen molar-refractivity contribution >= 4 is 11.9 Å². The second-order valence-corrected chi connectivity index (χ2v) is 11.4. The highest BCUT2D eigenvalue weighted by atomic mass is 16.7. The minimum atomic E-state index is -1.14. The van der Waals surface area contributed by atoms with E-state index in [1.165, 1.54) is 0 Å². The summed E-state index contributed by atoms with van der Waals surface area (Å²) in [5.74, 6) is -1.05. The summed E-state index contributed by atoms with van der Waals surface area (Å²) < 4.78 is 37.2. The molecule has 9 heteroatoms. The lowest BCUT2D eigenvalue weighted by Crippen LogP contribution is -2.63. The van der Waals surface area contributed by atoms with Crippen molar-refractivity contribution in [2.75, 3.05) is 26.4 Å². The molecule has 246 valence electrons. The van der Waals surface area contributed by atoms with E-state index in [0.717, 1.165) is 56.9 Å². The number of carbonyl (C=O) groups is 2. The molecule has 1 heterocycles. The zero-order valence-electron chi connectivity index (χ0n) is 27.4. The standard InChI is InChI=1S/C34H57NO8/c1-7-11-20-38-28-29(39-21-12-8-2)31(40-22-13-9-3)34(41-23-14-10-4)43-30(28)33(37)42-26(6)32(36)35-25(5)24-27-18-16-15-17-19-27/h15-19,25-26,28-31,34H,7-14,20-24H2,1-6H3,(H,35,36)/t25-,26+,28-,29?,30?,31-,34+/m0/s1. The van der Waals surface area contributed by atoms with Gasteiger partial charge in [0.1, 0.15) is 18.3 Å². The Kier molecular flexibility index (Phi) is 18.7. The van der Waals surface area contributed by atoms with Gasteiger partial charge in [-0.3, -0.25) is 4.79 Å². The van der Waals surface area contributed by atoms with Crippen molar-refractivity contribution < 1.29 is 38.0 Å². The Hall–Kier alpha value is -2.04. The maximum atomic E-state index is 13.7. The monoisotopic (exact) mass is 607 g/mol. The quantitative estimate of drug-likeness (QED) is 0.131. The first-order chi connectivity index (χ1) is 20.9. The molecule has 0 saturated carbocycles. The lowest BCUT2D eigenvalue weighted by atomic mass is 9.97. The summed E-state index contributed by atoms with van der Waals surface area (Å²) in [5.41, 5.74) is 1.11. The molecule has 2 unspecified atom stereocenters. The van der Waals surface area contributed by atoms with E-state index in [2.05, 4.69) is 33.0 Å². The fourth-order valence-corrected chi connectivity index (χ4v) is 4.79. The van der Waals surface area contributed by atoms with Crippen LogP contribution in [-0.2, 0) is 44.4 Å². The minimum absolute atomic E-state index is 0.138. The Morgan fingerprint density at radius 2 is 1.26 bits per heavy atom. The van der Waals surface area contributed by atoms with Crippen LogP contribution in [-0.4, -0.2) is 81.2 Å². The van der Waals surface area contributed by atoms with Crippen LogP contribution in [0.15, 0.2) is 30.3 Å². The van der Waals surface area contributed by atoms with Gasteiger partial charge in [0, 0.05) is 32.5 Å². The highest BCUT2D eigenvalue weighted by Crippen LogP contribution is 2.31. The van der Waals surface area contributed by atoms with Crippen LogP contribution in [0.4, 0.5) is 0 Å². The molecule has 1 aliphatic heterocycles. The largest absolute Gasteiger partial charge is 0.451 e. The Balaban J connectivity index is 2.23. The van der Waals surface area contributed by atoms with Crippen molar-refractivity contribution in [1.29, 1.82) is 0 Å². The van der Waals surface area contributed by atoms with Crippen LogP contribution in [0.1, 0.15) is 98.5 Å². The number of amides is 1. The molecule has 0 aromatic heterocycles. The Labute approximate surface area is 259 Å². The summed E-state index contributed by atoms with van der Waals surface area (Å²) in [6.07, 6.45) is 2.92. The number of carbonyl (C=O) groups excluding carboxylic acids is 2. The molecule has 0 radical (unpaired) electrons. The van der Waals surface area contributed by atoms with Gasteiger partial charge in [0.2, 0.25) is 0 Å². The molecular weight excluding hydrogens is 550 g/mol. The normalized spacial score (nSPS) is 23.4. The van der Waals surface area contributed by atoms with Gasteiger partial charge in [0.05, 0.1) is 0 Å². The Morgan fingerprint density at radius 3 is 1.81 bits per heavy atom. The summed E-state index contributed by atoms with van der Waals surface area (Å²) >= 11 is 0. The van der Waals surface area contributed by atoms with Crippen LogP contribution in [0, 0.1) is 0 Å². The van der Waals surface area contributed by atoms with Crippen LogP contribution in [0.2, 0.25) is 0 Å². The predicted octanol–water partition coefficient (Wildman–Crippen LogP) is 5.76. The van der Waals surface area contributed by atoms with E-state index in [9.17, 15) is 9.59 Å². The van der Waals surface area contributed by atoms with E-state index in [4.69, 9.17) is 28.4 Å². The lowest BCUT2D eigenvalue weighted by Gasteiger charge is -2.45. The molecule has 0 aliphatic carbocycles. The molecule has 9 nitrogen and oxygen atoms in total. The zero-order valence-corrected chi connectivity index (χ0v) is 27.4. The summed E-state index contributed by atoms with van der Waals surface area (Å²) in [6.45, 7) is 13.8. The number of esters is 1. The van der Waals surface area contributed by atoms with Gasteiger partial charge in [0.25, 0.3) is 5.91 Å². The highest BCUT2D eigenvalue weighted by molar-refractivity contribution is 5.85. The molecule has 1 saturated heterocycles. The summed E-state index contributed by atoms with van der Waals surface area (Å²) in [5, 5.41) is 2.95. The van der Waals surface area contributed by atoms with Gasteiger partial charge >= 0.3 is 5.97 Å². The Bertz CT molecular complexity index is 884. The van der Waals surface area contributed by atoms with Gasteiger partial charge < -0.3 is 33.7 Å². The third-order valence-electron chi connectivity index (χ3n) is 7.37. The van der Waals surface area contributed by atoms with Crippen LogP contribution in [0.3, 0.4) is 0 Å². The number of hydrogen-bond donors (Lipinski definition) is 1. The van der Waals surface area contributed by atoms with Crippen molar-refractivity contribution in [1.82, 2.24) is 5.32 Å². The molecule has 7 atom stereocenters. The average Bonchev–Trinajstić information content (AvgIpc) is 2.99. The van der Waals surface area contributed by atoms with Gasteiger partial charge in [-0.25, -0.2) is 4.79 Å². The molecule has 43 heavy (non-hydrogen) atoms. The number of benzene rings is 1. The van der Waals surface area contributed by atoms with Gasteiger partial charge in [-0.2, -0.15) is 0 Å². The molecule has 1 N–H and O–H groups in total. The van der Waals surface area contributed by atoms with Crippen molar-refractivity contribution in [2.45, 2.75) is 142 Å². The second kappa shape index (κ2) is 21.6. The van der Waals surface area contributed by atoms with Crippen LogP contribution in [0.25, 0.3) is 0 Å². The van der Waals surface area contributed by atoms with Crippen molar-refractivity contribution in [3.8, 4) is 0 Å². The first-order valence-electron chi connectivity index (χ1n) is 16.5. The minimum Gasteiger partial charge on any atom is -0.451 e. The highest BCUT2D eigenvalue weighted by Gasteiger charge is 2.52. The van der Waals surface area contributed by atoms with Crippen LogP contribution in [0.5, 0.6) is 0 Å². The first-order valence-corrected chi connectivity index (χ1v) is 16.5. The van der Waals surface area contributed by atoms with E-state index >= 15 is 0 Å². The van der Waals surface area contributed by atoms with Gasteiger partial charge in [-0.1, -0.05) is 83.7 Å². The van der Waals surface area contributed by atoms with E-state index in [-0.39, 0.29) is 11.9 Å². The van der Waals surface area contributed by atoms with E-state index in [1.807, 2.05) is 37.3 Å². The van der Waals surface area contributed by atoms with E-state index < -0.39 is 42.8 Å². The molecule has 1 aliphatic rings. The number of unbranched alkanes of at least 4 members (excludes halogenated alkanes) is 4. The summed E-state index contributed by atoms with van der Waals surface area (Å²) in [7, 11) is 0. The molecule has 1 amide bonds. The molecule has 1 aromatic rings. The smallest absolute Gasteiger partial charge is 0.339 e. The maximum Gasteiger partial charge on any atom is 0.339 e. The zero-order chi connectivity index (χ0) is 31.5. The van der Waals surface area contributed by atoms with Crippen molar-refractivity contribution in [2.24, 2.45) is 0 Å². The molecule has 1 fully saturated rings. The molecule has 0 bridgehead atoms. The van der Waals surface area contributed by atoms with Crippen molar-refractivity contribution in [3.63, 3.8) is 0 Å². The van der Waals surface area contributed by atoms with Gasteiger partial charge in [0.15, 0.2) is 18.5 Å². The lowest BCUT2D eigenvalue weighted by molar-refractivity contribution is -0.316. The van der Waals surface area contributed by atoms with Gasteiger partial charge in [-0.05, 0) is 51.5 Å². The molecule has 0 spiro atoms. The van der Waals surface area contributed by atoms with E-state index in [0.29, 0.717) is 32.8 Å². The maximum absolute atomic E-state index is 13.7. The van der Waals surface area contributed by atoms with Crippen LogP contribution < -0.4 is 5.32 Å². The Morgan fingerprint density at radius 1 is 0.744 bits per heavy atom.